The SMILES string of the molecule is CO[C@@H]1C/C(C)=C/[C@@H](C)C(=O)C[C@@H]([C@H](C)C[C@@H]2CC[C@@H](O)[C@H](OC)C2)OC(=O)[C@@H]2CCCCN2C(=O)C(=O)[C@]2(O)O[C@H](CC/C(C)=C/C=C/C=C/[C@@H](C)C[C@@H](C)C1=O)CC[C@H]2C. The number of ether oxygens (including phenoxy) is 4. The second kappa shape index (κ2) is 24.1. The van der Waals surface area contributed by atoms with Crippen LogP contribution >= 0.6 is 0 Å². The number of carbonyl (C=O) groups is 5. The highest BCUT2D eigenvalue weighted by molar-refractivity contribution is 6.39. The van der Waals surface area contributed by atoms with Crippen molar-refractivity contribution in [1.29, 1.82) is 0 Å². The summed E-state index contributed by atoms with van der Waals surface area (Å²) in [5, 5.41) is 22.3. The Balaban J connectivity index is 1.65. The van der Waals surface area contributed by atoms with E-state index in [0.717, 1.165) is 17.6 Å². The second-order valence-corrected chi connectivity index (χ2v) is 19.2. The molecular weight excluding hydrogens is 791 g/mol. The van der Waals surface area contributed by atoms with Crippen LogP contribution < -0.4 is 0 Å². The first-order valence-electron chi connectivity index (χ1n) is 23.3. The molecule has 0 radical (unpaired) electrons. The quantitative estimate of drug-likeness (QED) is 0.159. The predicted octanol–water partition coefficient (Wildman–Crippen LogP) is 7.58. The summed E-state index contributed by atoms with van der Waals surface area (Å²) < 4.78 is 23.7. The van der Waals surface area contributed by atoms with Gasteiger partial charge in [-0.3, -0.25) is 19.2 Å². The third-order valence-electron chi connectivity index (χ3n) is 13.9. The maximum atomic E-state index is 14.3. The second-order valence-electron chi connectivity index (χ2n) is 19.2. The lowest BCUT2D eigenvalue weighted by molar-refractivity contribution is -0.263. The number of cyclic esters (lactones) is 1. The molecule has 0 aromatic heterocycles. The van der Waals surface area contributed by atoms with Gasteiger partial charge in [-0.15, -0.1) is 0 Å². The number of nitrogens with zero attached hydrogens (tertiary/aromatic N) is 1. The molecule has 12 nitrogen and oxygen atoms in total. The Morgan fingerprint density at radius 1 is 0.871 bits per heavy atom. The molecular formula is C50H77NO11. The normalized spacial score (nSPS) is 39.4. The Kier molecular flexibility index (Phi) is 20.0. The number of ketones is 3. The number of piperidine rings is 1. The summed E-state index contributed by atoms with van der Waals surface area (Å²) >= 11 is 0. The van der Waals surface area contributed by atoms with Crippen molar-refractivity contribution in [2.45, 2.75) is 181 Å². The zero-order chi connectivity index (χ0) is 45.7. The highest BCUT2D eigenvalue weighted by Gasteiger charge is 2.52. The van der Waals surface area contributed by atoms with Crippen LogP contribution in [0.1, 0.15) is 138 Å². The number of Topliss-reactive ketones (excluding diaryl/α,β-unsaturated/α-hetero) is 3. The van der Waals surface area contributed by atoms with Crippen molar-refractivity contribution in [2.75, 3.05) is 20.8 Å². The first kappa shape index (κ1) is 51.3. The number of hydrogen-bond donors (Lipinski definition) is 2. The van der Waals surface area contributed by atoms with E-state index in [1.54, 1.807) is 21.0 Å². The smallest absolute Gasteiger partial charge is 0.329 e. The van der Waals surface area contributed by atoms with Gasteiger partial charge in [0.15, 0.2) is 5.78 Å². The fourth-order valence-corrected chi connectivity index (χ4v) is 9.82. The molecule has 4 rings (SSSR count). The van der Waals surface area contributed by atoms with E-state index >= 15 is 0 Å². The maximum absolute atomic E-state index is 14.3. The number of carbonyl (C=O) groups excluding carboxylic acids is 5. The number of esters is 1. The van der Waals surface area contributed by atoms with Gasteiger partial charge in [0.2, 0.25) is 5.79 Å². The highest BCUT2D eigenvalue weighted by atomic mass is 16.6. The van der Waals surface area contributed by atoms with Crippen LogP contribution in [0.2, 0.25) is 0 Å². The van der Waals surface area contributed by atoms with E-state index in [2.05, 4.69) is 13.0 Å². The van der Waals surface area contributed by atoms with E-state index in [4.69, 9.17) is 18.9 Å². The van der Waals surface area contributed by atoms with Crippen molar-refractivity contribution in [1.82, 2.24) is 4.90 Å². The third kappa shape index (κ3) is 14.1. The van der Waals surface area contributed by atoms with Crippen LogP contribution in [0, 0.1) is 35.5 Å². The molecule has 0 spiro atoms. The molecule has 1 saturated carbocycles. The van der Waals surface area contributed by atoms with E-state index in [-0.39, 0.29) is 60.7 Å². The Morgan fingerprint density at radius 3 is 2.32 bits per heavy atom. The number of fused-ring (bicyclic) bond motifs is 3. The summed E-state index contributed by atoms with van der Waals surface area (Å²) in [6, 6.07) is -1.08. The molecule has 0 aromatic rings. The summed E-state index contributed by atoms with van der Waals surface area (Å²) in [6.07, 6.45) is 16.3. The van der Waals surface area contributed by atoms with Gasteiger partial charge in [-0.25, -0.2) is 4.79 Å². The van der Waals surface area contributed by atoms with Crippen LogP contribution in [0.3, 0.4) is 0 Å². The fraction of sp³-hybridized carbons (Fsp3) is 0.740. The molecule has 3 heterocycles. The Hall–Kier alpha value is -3.29. The molecule has 1 amide bonds. The van der Waals surface area contributed by atoms with E-state index in [0.29, 0.717) is 70.6 Å². The lowest BCUT2D eigenvalue weighted by atomic mass is 9.78. The first-order valence-corrected chi connectivity index (χ1v) is 23.3. The fourth-order valence-electron chi connectivity index (χ4n) is 9.82. The lowest BCUT2D eigenvalue weighted by Crippen LogP contribution is -2.60. The van der Waals surface area contributed by atoms with Gasteiger partial charge in [-0.2, -0.15) is 0 Å². The molecule has 0 unspecified atom stereocenters. The largest absolute Gasteiger partial charge is 0.460 e. The lowest BCUT2D eigenvalue weighted by Gasteiger charge is -2.42. The number of aliphatic hydroxyl groups excluding tert-OH is 1. The molecule has 3 fully saturated rings. The molecule has 0 aromatic carbocycles. The molecule has 62 heavy (non-hydrogen) atoms. The molecule has 1 aliphatic carbocycles. The molecule has 4 aliphatic rings. The van der Waals surface area contributed by atoms with Crippen molar-refractivity contribution in [2.24, 2.45) is 35.5 Å². The number of amides is 1. The van der Waals surface area contributed by atoms with E-state index < -0.39 is 65.7 Å². The third-order valence-corrected chi connectivity index (χ3v) is 13.9. The Morgan fingerprint density at radius 2 is 1.61 bits per heavy atom. The number of methoxy groups -OCH3 is 2. The zero-order valence-electron chi connectivity index (χ0n) is 39.0. The van der Waals surface area contributed by atoms with Crippen LogP contribution in [-0.4, -0.2) is 107 Å². The van der Waals surface area contributed by atoms with E-state index in [1.165, 1.54) is 12.0 Å². The standard InChI is InChI=1S/C50H77NO11/c1-31-15-11-10-12-16-32(2)25-36(6)46(54)45(60-9)27-33(3)26-34(4)42(53)30-43(35(5)28-38-20-23-41(52)44(29-38)59-8)61-49(57)40-17-13-14-24-51(40)48(56)47(55)50(58)37(7)19-22-39(62-50)21-18-31/h10-12,15-16,26,32,34-41,43-45,52,58H,13-14,17-25,27-30H2,1-9H3/b11-10+,16-12+,31-15+,33-26+/t32-,34-,35-,36-,37-,38+,39-,40+,41-,43+,44-,45-,50-/m1/s1. The van der Waals surface area contributed by atoms with Crippen LogP contribution in [-0.2, 0) is 42.9 Å². The number of rotatable bonds is 5. The maximum Gasteiger partial charge on any atom is 0.329 e. The molecule has 12 heteroatoms. The Bertz CT molecular complexity index is 1670. The van der Waals surface area contributed by atoms with Crippen LogP contribution in [0.5, 0.6) is 0 Å². The average Bonchev–Trinajstić information content (AvgIpc) is 3.24. The summed E-state index contributed by atoms with van der Waals surface area (Å²) in [5.41, 5.74) is 1.92. The zero-order valence-corrected chi connectivity index (χ0v) is 39.0. The van der Waals surface area contributed by atoms with Gasteiger partial charge in [0, 0.05) is 51.4 Å². The van der Waals surface area contributed by atoms with Gasteiger partial charge in [0.25, 0.3) is 11.7 Å². The summed E-state index contributed by atoms with van der Waals surface area (Å²) in [5.74, 6) is -6.62. The predicted molar refractivity (Wildman–Crippen MR) is 238 cm³/mol. The van der Waals surface area contributed by atoms with Crippen molar-refractivity contribution in [3.8, 4) is 0 Å². The van der Waals surface area contributed by atoms with Crippen LogP contribution in [0.25, 0.3) is 0 Å². The minimum atomic E-state index is -2.34. The molecule has 348 valence electrons. The summed E-state index contributed by atoms with van der Waals surface area (Å²) in [4.78, 5) is 71.4. The van der Waals surface area contributed by atoms with E-state index in [9.17, 15) is 34.2 Å². The Labute approximate surface area is 370 Å². The van der Waals surface area contributed by atoms with Gasteiger partial charge in [0.1, 0.15) is 24.0 Å². The molecule has 2 N–H and O–H groups in total. The van der Waals surface area contributed by atoms with Crippen molar-refractivity contribution in [3.05, 3.63) is 47.6 Å². The molecule has 13 atom stereocenters. The monoisotopic (exact) mass is 868 g/mol. The topological polar surface area (TPSA) is 166 Å². The minimum Gasteiger partial charge on any atom is -0.460 e. The van der Waals surface area contributed by atoms with Crippen LogP contribution in [0.15, 0.2) is 47.6 Å². The van der Waals surface area contributed by atoms with E-state index in [1.807, 2.05) is 58.1 Å². The van der Waals surface area contributed by atoms with Gasteiger partial charge in [-0.05, 0) is 109 Å². The number of allylic oxidation sites excluding steroid dienone is 7. The summed E-state index contributed by atoms with van der Waals surface area (Å²) in [7, 11) is 3.12. The molecule has 2 bridgehead atoms. The van der Waals surface area contributed by atoms with Crippen LogP contribution in [0.4, 0.5) is 0 Å². The highest BCUT2D eigenvalue weighted by Crippen LogP contribution is 2.37. The van der Waals surface area contributed by atoms with Crippen molar-refractivity contribution >= 4 is 29.2 Å². The minimum absolute atomic E-state index is 0.0102. The molecule has 2 saturated heterocycles. The van der Waals surface area contributed by atoms with Gasteiger partial charge in [-0.1, -0.05) is 82.2 Å². The number of hydrogen-bond acceptors (Lipinski definition) is 11. The van der Waals surface area contributed by atoms with Gasteiger partial charge in [0.05, 0.1) is 18.3 Å². The van der Waals surface area contributed by atoms with Gasteiger partial charge >= 0.3 is 5.97 Å². The average molecular weight is 868 g/mol. The van der Waals surface area contributed by atoms with Crippen molar-refractivity contribution in [3.63, 3.8) is 0 Å². The van der Waals surface area contributed by atoms with Crippen molar-refractivity contribution < 1.29 is 53.1 Å². The van der Waals surface area contributed by atoms with Gasteiger partial charge < -0.3 is 34.1 Å². The first-order chi connectivity index (χ1) is 29.4. The summed E-state index contributed by atoms with van der Waals surface area (Å²) in [6.45, 7) is 13.5. The number of aliphatic hydroxyl groups is 2. The molecule has 3 aliphatic heterocycles.